The first-order valence-corrected chi connectivity index (χ1v) is 9.94. The first kappa shape index (κ1) is 17.1. The second-order valence-corrected chi connectivity index (χ2v) is 9.40. The van der Waals surface area contributed by atoms with Crippen LogP contribution in [0.15, 0.2) is 12.2 Å². The average Bonchev–Trinajstić information content (AvgIpc) is 3.05. The summed E-state index contributed by atoms with van der Waals surface area (Å²) in [6.45, 7) is 5.96. The minimum Gasteiger partial charge on any atom is -0.465 e. The van der Waals surface area contributed by atoms with Crippen molar-refractivity contribution in [1.82, 2.24) is 0 Å². The quantitative estimate of drug-likeness (QED) is 0.553. The van der Waals surface area contributed by atoms with Gasteiger partial charge in [0.15, 0.2) is 0 Å². The Morgan fingerprint density at radius 3 is 2.32 bits per heavy atom. The maximum Gasteiger partial charge on any atom is 0.333 e. The topological polar surface area (TPSA) is 52.6 Å². The van der Waals surface area contributed by atoms with Gasteiger partial charge in [-0.3, -0.25) is 4.79 Å². The zero-order chi connectivity index (χ0) is 17.7. The van der Waals surface area contributed by atoms with Gasteiger partial charge >= 0.3 is 11.9 Å². The van der Waals surface area contributed by atoms with Gasteiger partial charge in [0.1, 0.15) is 5.60 Å². The monoisotopic (exact) mass is 346 g/mol. The Bertz CT molecular complexity index is 573. The molecule has 5 aliphatic rings. The molecule has 0 amide bonds. The molecule has 0 saturated heterocycles. The van der Waals surface area contributed by atoms with Crippen LogP contribution < -0.4 is 0 Å². The molecule has 4 nitrogen and oxygen atoms in total. The van der Waals surface area contributed by atoms with Crippen LogP contribution in [-0.4, -0.2) is 24.1 Å². The van der Waals surface area contributed by atoms with E-state index in [9.17, 15) is 9.59 Å². The van der Waals surface area contributed by atoms with Gasteiger partial charge in [-0.25, -0.2) is 4.79 Å². The highest BCUT2D eigenvalue weighted by atomic mass is 16.6. The Morgan fingerprint density at radius 2 is 1.72 bits per heavy atom. The number of rotatable bonds is 5. The van der Waals surface area contributed by atoms with E-state index in [4.69, 9.17) is 9.47 Å². The summed E-state index contributed by atoms with van der Waals surface area (Å²) in [6.07, 6.45) is 10.5. The first-order chi connectivity index (χ1) is 11.9. The molecule has 0 heterocycles. The zero-order valence-electron chi connectivity index (χ0n) is 15.4. The van der Waals surface area contributed by atoms with Crippen molar-refractivity contribution in [3.05, 3.63) is 12.2 Å². The van der Waals surface area contributed by atoms with Crippen molar-refractivity contribution in [2.24, 2.45) is 23.2 Å². The lowest BCUT2D eigenvalue weighted by Crippen LogP contribution is -2.58. The van der Waals surface area contributed by atoms with E-state index < -0.39 is 0 Å². The fourth-order valence-electron chi connectivity index (χ4n) is 6.44. The number of hydrogen-bond donors (Lipinski definition) is 0. The molecule has 5 aliphatic carbocycles. The van der Waals surface area contributed by atoms with Crippen LogP contribution >= 0.6 is 0 Å². The summed E-state index contributed by atoms with van der Waals surface area (Å²) in [7, 11) is 0. The summed E-state index contributed by atoms with van der Waals surface area (Å²) in [6, 6.07) is 0. The maximum absolute atomic E-state index is 12.4. The normalized spacial score (nSPS) is 39.4. The van der Waals surface area contributed by atoms with E-state index in [0.717, 1.165) is 57.8 Å². The highest BCUT2D eigenvalue weighted by Gasteiger charge is 2.60. The number of carbonyl (C=O) groups excluding carboxylic acids is 2. The zero-order valence-corrected chi connectivity index (χ0v) is 15.4. The Morgan fingerprint density at radius 1 is 1.08 bits per heavy atom. The van der Waals surface area contributed by atoms with Crippen molar-refractivity contribution in [1.29, 1.82) is 0 Å². The SMILES string of the molecule is C=C(C)C(=O)OC12CC3CC(CC(COC(=O)C4CCCC4)(C3)C1)C2. The second-order valence-electron chi connectivity index (χ2n) is 9.40. The maximum atomic E-state index is 12.4. The summed E-state index contributed by atoms with van der Waals surface area (Å²) >= 11 is 0. The van der Waals surface area contributed by atoms with Crippen LogP contribution in [0, 0.1) is 23.2 Å². The van der Waals surface area contributed by atoms with Crippen LogP contribution in [0.1, 0.15) is 71.1 Å². The van der Waals surface area contributed by atoms with Gasteiger partial charge in [0, 0.05) is 11.0 Å². The molecule has 5 saturated carbocycles. The molecule has 2 atom stereocenters. The fourth-order valence-corrected chi connectivity index (χ4v) is 6.44. The summed E-state index contributed by atoms with van der Waals surface area (Å²) in [5.41, 5.74) is 0.144. The average molecular weight is 346 g/mol. The Hall–Kier alpha value is -1.32. The third-order valence-corrected chi connectivity index (χ3v) is 7.00. The highest BCUT2D eigenvalue weighted by molar-refractivity contribution is 5.87. The van der Waals surface area contributed by atoms with Gasteiger partial charge in [-0.05, 0) is 70.1 Å². The lowest BCUT2D eigenvalue weighted by Gasteiger charge is -2.60. The van der Waals surface area contributed by atoms with Crippen molar-refractivity contribution < 1.29 is 19.1 Å². The van der Waals surface area contributed by atoms with Crippen LogP contribution in [0.2, 0.25) is 0 Å². The van der Waals surface area contributed by atoms with E-state index in [1.54, 1.807) is 6.92 Å². The minimum absolute atomic E-state index is 0.00114. The van der Waals surface area contributed by atoms with Gasteiger partial charge in [-0.1, -0.05) is 19.4 Å². The number of hydrogen-bond acceptors (Lipinski definition) is 4. The standard InChI is InChI=1S/C21H30O4/c1-14(2)18(22)25-21-10-15-7-16(11-21)9-20(8-15,12-21)13-24-19(23)17-5-3-4-6-17/h15-17H,1,3-13H2,2H3. The highest BCUT2D eigenvalue weighted by Crippen LogP contribution is 2.63. The molecule has 0 radical (unpaired) electrons. The van der Waals surface area contributed by atoms with Crippen molar-refractivity contribution in [2.75, 3.05) is 6.61 Å². The van der Waals surface area contributed by atoms with Crippen LogP contribution in [0.4, 0.5) is 0 Å². The molecular weight excluding hydrogens is 316 g/mol. The molecule has 4 heteroatoms. The van der Waals surface area contributed by atoms with Crippen molar-refractivity contribution in [2.45, 2.75) is 76.7 Å². The van der Waals surface area contributed by atoms with Crippen LogP contribution in [-0.2, 0) is 19.1 Å². The predicted octanol–water partition coefficient (Wildman–Crippen LogP) is 4.18. The summed E-state index contributed by atoms with van der Waals surface area (Å²) in [4.78, 5) is 24.5. The molecule has 0 aromatic heterocycles. The van der Waals surface area contributed by atoms with Crippen LogP contribution in [0.25, 0.3) is 0 Å². The molecular formula is C21H30O4. The molecule has 0 aromatic rings. The Labute approximate surface area is 150 Å². The largest absolute Gasteiger partial charge is 0.465 e. The molecule has 4 bridgehead atoms. The van der Waals surface area contributed by atoms with Crippen LogP contribution in [0.5, 0.6) is 0 Å². The number of carbonyl (C=O) groups is 2. The van der Waals surface area contributed by atoms with Gasteiger partial charge in [0.2, 0.25) is 0 Å². The Kier molecular flexibility index (Phi) is 4.20. The third-order valence-electron chi connectivity index (χ3n) is 7.00. The van der Waals surface area contributed by atoms with Crippen molar-refractivity contribution >= 4 is 11.9 Å². The predicted molar refractivity (Wildman–Crippen MR) is 93.7 cm³/mol. The van der Waals surface area contributed by atoms with E-state index in [1.807, 2.05) is 0 Å². The lowest BCUT2D eigenvalue weighted by atomic mass is 9.48. The van der Waals surface area contributed by atoms with Gasteiger partial charge in [0.25, 0.3) is 0 Å². The molecule has 0 aromatic carbocycles. The molecule has 5 rings (SSSR count). The van der Waals surface area contributed by atoms with Gasteiger partial charge in [-0.2, -0.15) is 0 Å². The molecule has 0 aliphatic heterocycles. The van der Waals surface area contributed by atoms with Crippen LogP contribution in [0.3, 0.4) is 0 Å². The van der Waals surface area contributed by atoms with Crippen molar-refractivity contribution in [3.63, 3.8) is 0 Å². The van der Waals surface area contributed by atoms with Gasteiger partial charge in [0.05, 0.1) is 12.5 Å². The van der Waals surface area contributed by atoms with E-state index in [2.05, 4.69) is 6.58 Å². The van der Waals surface area contributed by atoms with E-state index in [1.165, 1.54) is 6.42 Å². The summed E-state index contributed by atoms with van der Waals surface area (Å²) in [5.74, 6) is 1.05. The molecule has 0 spiro atoms. The van der Waals surface area contributed by atoms with E-state index >= 15 is 0 Å². The fraction of sp³-hybridized carbons (Fsp3) is 0.810. The number of ether oxygens (including phenoxy) is 2. The van der Waals surface area contributed by atoms with E-state index in [0.29, 0.717) is 24.0 Å². The summed E-state index contributed by atoms with van der Waals surface area (Å²) in [5, 5.41) is 0. The van der Waals surface area contributed by atoms with Gasteiger partial charge < -0.3 is 9.47 Å². The first-order valence-electron chi connectivity index (χ1n) is 9.94. The van der Waals surface area contributed by atoms with E-state index in [-0.39, 0.29) is 28.9 Å². The summed E-state index contributed by atoms with van der Waals surface area (Å²) < 4.78 is 11.8. The molecule has 5 fully saturated rings. The molecule has 138 valence electrons. The van der Waals surface area contributed by atoms with Gasteiger partial charge in [-0.15, -0.1) is 0 Å². The Balaban J connectivity index is 1.45. The molecule has 25 heavy (non-hydrogen) atoms. The lowest BCUT2D eigenvalue weighted by molar-refractivity contribution is -0.208. The second kappa shape index (κ2) is 6.14. The third kappa shape index (κ3) is 3.24. The molecule has 2 unspecified atom stereocenters. The smallest absolute Gasteiger partial charge is 0.333 e. The molecule has 0 N–H and O–H groups in total. The van der Waals surface area contributed by atoms with Crippen molar-refractivity contribution in [3.8, 4) is 0 Å². The minimum atomic E-state index is -0.347. The number of esters is 2.